The van der Waals surface area contributed by atoms with Crippen molar-refractivity contribution < 1.29 is 9.59 Å². The SMILES string of the molecule is Cc1ccc(-c2cc(C(=O)N[C@H](C)c3cnc(C)nc3)cc(N3CCCC3=O)c2)cc1. The van der Waals surface area contributed by atoms with Gasteiger partial charge in [-0.15, -0.1) is 0 Å². The minimum Gasteiger partial charge on any atom is -0.345 e. The highest BCUT2D eigenvalue weighted by Gasteiger charge is 2.24. The van der Waals surface area contributed by atoms with Crippen LogP contribution in [0.1, 0.15) is 53.1 Å². The van der Waals surface area contributed by atoms with Crippen molar-refractivity contribution >= 4 is 17.5 Å². The van der Waals surface area contributed by atoms with Crippen LogP contribution in [-0.2, 0) is 4.79 Å². The van der Waals surface area contributed by atoms with E-state index in [1.165, 1.54) is 5.56 Å². The zero-order valence-corrected chi connectivity index (χ0v) is 18.1. The molecule has 1 aromatic heterocycles. The molecular formula is C25H26N4O2. The van der Waals surface area contributed by atoms with Gasteiger partial charge in [-0.2, -0.15) is 0 Å². The molecule has 1 N–H and O–H groups in total. The standard InChI is InChI=1S/C25H26N4O2/c1-16-6-8-19(9-7-16)20-11-21(13-23(12-20)29-10-4-5-24(29)30)25(31)28-17(2)22-14-26-18(3)27-15-22/h6-9,11-15,17H,4-5,10H2,1-3H3,(H,28,31)/t17-/m1/s1. The quantitative estimate of drug-likeness (QED) is 0.672. The van der Waals surface area contributed by atoms with Crippen LogP contribution in [-0.4, -0.2) is 28.3 Å². The Morgan fingerprint density at radius 1 is 1.03 bits per heavy atom. The third-order valence-corrected chi connectivity index (χ3v) is 5.60. The Labute approximate surface area is 182 Å². The molecule has 0 aliphatic carbocycles. The van der Waals surface area contributed by atoms with Crippen LogP contribution in [0.3, 0.4) is 0 Å². The molecule has 1 aliphatic rings. The van der Waals surface area contributed by atoms with E-state index in [-0.39, 0.29) is 17.9 Å². The minimum absolute atomic E-state index is 0.0950. The lowest BCUT2D eigenvalue weighted by Crippen LogP contribution is -2.28. The number of aryl methyl sites for hydroxylation is 2. The molecule has 3 aromatic rings. The second kappa shape index (κ2) is 8.68. The molecule has 0 saturated carbocycles. The Bertz CT molecular complexity index is 1110. The number of carbonyl (C=O) groups excluding carboxylic acids is 2. The van der Waals surface area contributed by atoms with Gasteiger partial charge < -0.3 is 10.2 Å². The maximum Gasteiger partial charge on any atom is 0.251 e. The van der Waals surface area contributed by atoms with E-state index in [0.717, 1.165) is 28.8 Å². The first-order valence-corrected chi connectivity index (χ1v) is 10.5. The summed E-state index contributed by atoms with van der Waals surface area (Å²) in [4.78, 5) is 35.7. The first-order chi connectivity index (χ1) is 14.9. The lowest BCUT2D eigenvalue weighted by atomic mass is 10.00. The first kappa shape index (κ1) is 20.7. The molecule has 2 heterocycles. The minimum atomic E-state index is -0.243. The summed E-state index contributed by atoms with van der Waals surface area (Å²) in [6.07, 6.45) is 4.83. The summed E-state index contributed by atoms with van der Waals surface area (Å²) in [6.45, 7) is 6.44. The van der Waals surface area contributed by atoms with Crippen molar-refractivity contribution in [3.63, 3.8) is 0 Å². The molecule has 1 atom stereocenters. The first-order valence-electron chi connectivity index (χ1n) is 10.5. The Balaban J connectivity index is 1.67. The van der Waals surface area contributed by atoms with Crippen LogP contribution in [0.5, 0.6) is 0 Å². The van der Waals surface area contributed by atoms with Gasteiger partial charge in [0, 0.05) is 42.2 Å². The summed E-state index contributed by atoms with van der Waals surface area (Å²) in [7, 11) is 0. The molecule has 1 aliphatic heterocycles. The van der Waals surface area contributed by atoms with Crippen molar-refractivity contribution in [3.8, 4) is 11.1 Å². The van der Waals surface area contributed by atoms with Gasteiger partial charge in [0.1, 0.15) is 5.82 Å². The van der Waals surface area contributed by atoms with Crippen LogP contribution in [0, 0.1) is 13.8 Å². The summed E-state index contributed by atoms with van der Waals surface area (Å²) in [5.41, 5.74) is 5.21. The highest BCUT2D eigenvalue weighted by atomic mass is 16.2. The van der Waals surface area contributed by atoms with Crippen molar-refractivity contribution in [3.05, 3.63) is 77.4 Å². The number of nitrogens with zero attached hydrogens (tertiary/aromatic N) is 3. The Kier molecular flexibility index (Phi) is 5.80. The van der Waals surface area contributed by atoms with Gasteiger partial charge in [-0.3, -0.25) is 9.59 Å². The summed E-state index contributed by atoms with van der Waals surface area (Å²) >= 11 is 0. The molecule has 6 heteroatoms. The molecule has 31 heavy (non-hydrogen) atoms. The van der Waals surface area contributed by atoms with Gasteiger partial charge in [-0.1, -0.05) is 29.8 Å². The van der Waals surface area contributed by atoms with Crippen LogP contribution in [0.2, 0.25) is 0 Å². The molecule has 2 amide bonds. The Morgan fingerprint density at radius 2 is 1.74 bits per heavy atom. The molecule has 158 valence electrons. The average molecular weight is 415 g/mol. The summed E-state index contributed by atoms with van der Waals surface area (Å²) in [5, 5.41) is 3.03. The smallest absolute Gasteiger partial charge is 0.251 e. The number of nitrogens with one attached hydrogen (secondary N) is 1. The van der Waals surface area contributed by atoms with Crippen LogP contribution < -0.4 is 10.2 Å². The maximum absolute atomic E-state index is 13.1. The fraction of sp³-hybridized carbons (Fsp3) is 0.280. The van der Waals surface area contributed by atoms with E-state index in [2.05, 4.69) is 15.3 Å². The highest BCUT2D eigenvalue weighted by molar-refractivity contribution is 6.00. The number of hydrogen-bond acceptors (Lipinski definition) is 4. The van der Waals surface area contributed by atoms with Gasteiger partial charge in [0.25, 0.3) is 5.91 Å². The Hall–Kier alpha value is -3.54. The number of carbonyl (C=O) groups is 2. The number of hydrogen-bond donors (Lipinski definition) is 1. The molecule has 6 nitrogen and oxygen atoms in total. The fourth-order valence-electron chi connectivity index (χ4n) is 3.72. The van der Waals surface area contributed by atoms with Gasteiger partial charge in [0.05, 0.1) is 6.04 Å². The topological polar surface area (TPSA) is 75.2 Å². The second-order valence-electron chi connectivity index (χ2n) is 8.04. The zero-order chi connectivity index (χ0) is 22.0. The molecule has 2 aromatic carbocycles. The molecule has 1 fully saturated rings. The molecule has 4 rings (SSSR count). The van der Waals surface area contributed by atoms with E-state index >= 15 is 0 Å². The van der Waals surface area contributed by atoms with Crippen LogP contribution in [0.25, 0.3) is 11.1 Å². The predicted molar refractivity (Wildman–Crippen MR) is 121 cm³/mol. The number of aromatic nitrogens is 2. The summed E-state index contributed by atoms with van der Waals surface area (Å²) in [5.74, 6) is 0.584. The van der Waals surface area contributed by atoms with Crippen molar-refractivity contribution in [2.24, 2.45) is 0 Å². The molecule has 0 radical (unpaired) electrons. The molecule has 0 unspecified atom stereocenters. The van der Waals surface area contributed by atoms with Gasteiger partial charge in [0.2, 0.25) is 5.91 Å². The lowest BCUT2D eigenvalue weighted by Gasteiger charge is -2.20. The van der Waals surface area contributed by atoms with Crippen molar-refractivity contribution in [1.29, 1.82) is 0 Å². The molecule has 1 saturated heterocycles. The van der Waals surface area contributed by atoms with Gasteiger partial charge in [0.15, 0.2) is 0 Å². The lowest BCUT2D eigenvalue weighted by molar-refractivity contribution is -0.117. The van der Waals surface area contributed by atoms with E-state index < -0.39 is 0 Å². The summed E-state index contributed by atoms with van der Waals surface area (Å²) < 4.78 is 0. The largest absolute Gasteiger partial charge is 0.345 e. The molecular weight excluding hydrogens is 388 g/mol. The van der Waals surface area contributed by atoms with E-state index in [1.54, 1.807) is 23.4 Å². The second-order valence-corrected chi connectivity index (χ2v) is 8.04. The van der Waals surface area contributed by atoms with Gasteiger partial charge in [-0.05, 0) is 56.5 Å². The van der Waals surface area contributed by atoms with Crippen LogP contribution in [0.15, 0.2) is 54.9 Å². The van der Waals surface area contributed by atoms with Crippen molar-refractivity contribution in [1.82, 2.24) is 15.3 Å². The van der Waals surface area contributed by atoms with E-state index in [1.807, 2.05) is 57.2 Å². The van der Waals surface area contributed by atoms with E-state index in [4.69, 9.17) is 0 Å². The average Bonchev–Trinajstić information content (AvgIpc) is 3.20. The van der Waals surface area contributed by atoms with E-state index in [9.17, 15) is 9.59 Å². The molecule has 0 spiro atoms. The number of benzene rings is 2. The van der Waals surface area contributed by atoms with E-state index in [0.29, 0.717) is 24.4 Å². The number of rotatable bonds is 5. The third kappa shape index (κ3) is 4.63. The zero-order valence-electron chi connectivity index (χ0n) is 18.1. The Morgan fingerprint density at radius 3 is 2.39 bits per heavy atom. The molecule has 0 bridgehead atoms. The van der Waals surface area contributed by atoms with Crippen molar-refractivity contribution in [2.45, 2.75) is 39.7 Å². The third-order valence-electron chi connectivity index (χ3n) is 5.60. The summed E-state index contributed by atoms with van der Waals surface area (Å²) in [6, 6.07) is 13.6. The fourth-order valence-corrected chi connectivity index (χ4v) is 3.72. The van der Waals surface area contributed by atoms with Gasteiger partial charge >= 0.3 is 0 Å². The van der Waals surface area contributed by atoms with Crippen molar-refractivity contribution in [2.75, 3.05) is 11.4 Å². The van der Waals surface area contributed by atoms with Gasteiger partial charge in [-0.25, -0.2) is 9.97 Å². The number of anilines is 1. The monoisotopic (exact) mass is 414 g/mol. The van der Waals surface area contributed by atoms with Crippen LogP contribution in [0.4, 0.5) is 5.69 Å². The normalized spacial score (nSPS) is 14.5. The maximum atomic E-state index is 13.1. The highest BCUT2D eigenvalue weighted by Crippen LogP contribution is 2.30. The predicted octanol–water partition coefficient (Wildman–Crippen LogP) is 4.38. The van der Waals surface area contributed by atoms with Crippen LogP contribution >= 0.6 is 0 Å². The number of amides is 2.